The Hall–Kier alpha value is -2.34. The molecule has 2 atom stereocenters. The quantitative estimate of drug-likeness (QED) is 0.780. The molecule has 0 bridgehead atoms. The van der Waals surface area contributed by atoms with Gasteiger partial charge in [-0.15, -0.1) is 0 Å². The van der Waals surface area contributed by atoms with Gasteiger partial charge in [0.2, 0.25) is 5.69 Å². The van der Waals surface area contributed by atoms with Gasteiger partial charge in [0.25, 0.3) is 0 Å². The number of nitriles is 1. The zero-order chi connectivity index (χ0) is 18.4. The van der Waals surface area contributed by atoms with Crippen LogP contribution in [0.3, 0.4) is 0 Å². The summed E-state index contributed by atoms with van der Waals surface area (Å²) in [7, 11) is 4.13. The van der Waals surface area contributed by atoms with Crippen LogP contribution in [0, 0.1) is 11.3 Å². The first-order chi connectivity index (χ1) is 11.8. The van der Waals surface area contributed by atoms with Crippen LogP contribution in [0.1, 0.15) is 51.7 Å². The molecule has 3 nitrogen and oxygen atoms in total. The molecule has 130 valence electrons. The standard InChI is InChI=1S/C22H28N3/c1-7-21(3)19-10-9-16(15-23)13-18(19)20-14-17(24(5)6)11-12-25(20)22(21,4)8-2/h9-14H,7-8H2,1-6H3/q+1. The maximum atomic E-state index is 9.40. The van der Waals surface area contributed by atoms with E-state index in [-0.39, 0.29) is 11.0 Å². The van der Waals surface area contributed by atoms with Crippen molar-refractivity contribution in [1.29, 1.82) is 5.26 Å². The fourth-order valence-corrected chi connectivity index (χ4v) is 4.40. The van der Waals surface area contributed by atoms with Crippen molar-refractivity contribution in [3.8, 4) is 17.3 Å². The zero-order valence-corrected chi connectivity index (χ0v) is 16.2. The molecule has 0 radical (unpaired) electrons. The van der Waals surface area contributed by atoms with Crippen molar-refractivity contribution in [1.82, 2.24) is 0 Å². The number of aromatic nitrogens is 1. The average molecular weight is 334 g/mol. The molecule has 0 amide bonds. The van der Waals surface area contributed by atoms with E-state index in [4.69, 9.17) is 0 Å². The van der Waals surface area contributed by atoms with Crippen LogP contribution in [0.2, 0.25) is 0 Å². The van der Waals surface area contributed by atoms with Gasteiger partial charge in [-0.1, -0.05) is 19.9 Å². The summed E-state index contributed by atoms with van der Waals surface area (Å²) in [6.07, 6.45) is 4.33. The van der Waals surface area contributed by atoms with Crippen LogP contribution in [-0.2, 0) is 11.0 Å². The molecule has 25 heavy (non-hydrogen) atoms. The van der Waals surface area contributed by atoms with Gasteiger partial charge >= 0.3 is 0 Å². The summed E-state index contributed by atoms with van der Waals surface area (Å²) in [4.78, 5) is 2.13. The first kappa shape index (κ1) is 17.5. The predicted octanol–water partition coefficient (Wildman–Crippen LogP) is 4.39. The molecule has 1 aromatic heterocycles. The first-order valence-electron chi connectivity index (χ1n) is 9.11. The number of nitrogens with zero attached hydrogens (tertiary/aromatic N) is 3. The Bertz CT molecular complexity index is 862. The fourth-order valence-electron chi connectivity index (χ4n) is 4.40. The first-order valence-corrected chi connectivity index (χ1v) is 9.11. The van der Waals surface area contributed by atoms with Crippen LogP contribution in [0.5, 0.6) is 0 Å². The molecule has 3 rings (SSSR count). The molecule has 3 heteroatoms. The molecule has 2 heterocycles. The van der Waals surface area contributed by atoms with Crippen LogP contribution < -0.4 is 9.47 Å². The van der Waals surface area contributed by atoms with Crippen LogP contribution in [-0.4, -0.2) is 14.1 Å². The molecule has 0 saturated carbocycles. The number of fused-ring (bicyclic) bond motifs is 3. The number of hydrogen-bond acceptors (Lipinski definition) is 2. The normalized spacial score (nSPS) is 24.2. The highest BCUT2D eigenvalue weighted by molar-refractivity contribution is 5.70. The van der Waals surface area contributed by atoms with E-state index in [0.29, 0.717) is 0 Å². The Morgan fingerprint density at radius 2 is 1.80 bits per heavy atom. The molecule has 1 aliphatic heterocycles. The maximum absolute atomic E-state index is 9.40. The van der Waals surface area contributed by atoms with E-state index in [9.17, 15) is 5.26 Å². The van der Waals surface area contributed by atoms with Crippen LogP contribution in [0.15, 0.2) is 36.5 Å². The zero-order valence-electron chi connectivity index (χ0n) is 16.2. The highest BCUT2D eigenvalue weighted by Crippen LogP contribution is 2.49. The van der Waals surface area contributed by atoms with Crippen LogP contribution in [0.25, 0.3) is 11.3 Å². The van der Waals surface area contributed by atoms with Crippen molar-refractivity contribution < 1.29 is 4.57 Å². The minimum Gasteiger partial charge on any atom is -0.377 e. The number of anilines is 1. The SMILES string of the molecule is CCC1(C)c2ccc(C#N)cc2-c2cc(N(C)C)cc[n+]2C1(C)CC. The lowest BCUT2D eigenvalue weighted by Crippen LogP contribution is -2.67. The van der Waals surface area contributed by atoms with E-state index < -0.39 is 0 Å². The minimum atomic E-state index is -0.0108. The maximum Gasteiger partial charge on any atom is 0.215 e. The third kappa shape index (κ3) is 2.28. The van der Waals surface area contributed by atoms with Crippen molar-refractivity contribution in [3.63, 3.8) is 0 Å². The van der Waals surface area contributed by atoms with Gasteiger partial charge in [-0.05, 0) is 31.0 Å². The largest absolute Gasteiger partial charge is 0.377 e. The van der Waals surface area contributed by atoms with E-state index in [2.05, 4.69) is 87.8 Å². The second-order valence-electron chi connectivity index (χ2n) is 7.72. The molecule has 0 aliphatic carbocycles. The van der Waals surface area contributed by atoms with Gasteiger partial charge in [0.15, 0.2) is 11.7 Å². The summed E-state index contributed by atoms with van der Waals surface area (Å²) < 4.78 is 2.44. The Labute approximate surface area is 151 Å². The molecule has 0 fully saturated rings. The molecular weight excluding hydrogens is 306 g/mol. The Balaban J connectivity index is 2.42. The predicted molar refractivity (Wildman–Crippen MR) is 103 cm³/mol. The third-order valence-corrected chi connectivity index (χ3v) is 6.59. The van der Waals surface area contributed by atoms with Gasteiger partial charge in [-0.3, -0.25) is 0 Å². The summed E-state index contributed by atoms with van der Waals surface area (Å²) in [6.45, 7) is 9.29. The number of benzene rings is 1. The van der Waals surface area contributed by atoms with Crippen LogP contribution in [0.4, 0.5) is 5.69 Å². The molecule has 0 N–H and O–H groups in total. The number of rotatable bonds is 3. The second-order valence-corrected chi connectivity index (χ2v) is 7.72. The van der Waals surface area contributed by atoms with Crippen molar-refractivity contribution in [2.75, 3.05) is 19.0 Å². The Kier molecular flexibility index (Phi) is 4.11. The van der Waals surface area contributed by atoms with E-state index >= 15 is 0 Å². The van der Waals surface area contributed by atoms with Gasteiger partial charge in [0.1, 0.15) is 0 Å². The van der Waals surface area contributed by atoms with Crippen molar-refractivity contribution >= 4 is 5.69 Å². The Morgan fingerprint density at radius 1 is 1.08 bits per heavy atom. The summed E-state index contributed by atoms with van der Waals surface area (Å²) in [5.41, 5.74) is 5.66. The topological polar surface area (TPSA) is 30.9 Å². The molecule has 1 aliphatic rings. The second kappa shape index (κ2) is 5.88. The van der Waals surface area contributed by atoms with E-state index in [0.717, 1.165) is 18.4 Å². The smallest absolute Gasteiger partial charge is 0.215 e. The monoisotopic (exact) mass is 334 g/mol. The van der Waals surface area contributed by atoms with Crippen LogP contribution >= 0.6 is 0 Å². The lowest BCUT2D eigenvalue weighted by atomic mass is 9.60. The molecule has 0 spiro atoms. The summed E-state index contributed by atoms with van der Waals surface area (Å²) in [6, 6.07) is 12.9. The van der Waals surface area contributed by atoms with Gasteiger partial charge in [-0.25, -0.2) is 0 Å². The molecular formula is C22H28N3+. The molecule has 2 aromatic rings. The summed E-state index contributed by atoms with van der Waals surface area (Å²) >= 11 is 0. The van der Waals surface area contributed by atoms with Crippen molar-refractivity contribution in [2.45, 2.75) is 51.5 Å². The summed E-state index contributed by atoms with van der Waals surface area (Å²) in [5, 5.41) is 9.40. The highest BCUT2D eigenvalue weighted by Gasteiger charge is 2.56. The van der Waals surface area contributed by atoms with E-state index in [1.165, 1.54) is 22.5 Å². The summed E-state index contributed by atoms with van der Waals surface area (Å²) in [5.74, 6) is 0. The van der Waals surface area contributed by atoms with Gasteiger partial charge in [-0.2, -0.15) is 9.83 Å². The lowest BCUT2D eigenvalue weighted by Gasteiger charge is -2.46. The van der Waals surface area contributed by atoms with E-state index in [1.54, 1.807) is 0 Å². The number of pyridine rings is 1. The minimum absolute atomic E-state index is 0.0108. The van der Waals surface area contributed by atoms with Gasteiger partial charge in [0, 0.05) is 45.3 Å². The number of hydrogen-bond donors (Lipinski definition) is 0. The molecule has 1 aromatic carbocycles. The highest BCUT2D eigenvalue weighted by atomic mass is 15.1. The van der Waals surface area contributed by atoms with Crippen molar-refractivity contribution in [2.24, 2.45) is 0 Å². The fraction of sp³-hybridized carbons (Fsp3) is 0.455. The van der Waals surface area contributed by atoms with Gasteiger partial charge < -0.3 is 4.90 Å². The average Bonchev–Trinajstić information content (AvgIpc) is 2.64. The van der Waals surface area contributed by atoms with E-state index in [1.807, 2.05) is 6.07 Å². The third-order valence-electron chi connectivity index (χ3n) is 6.59. The van der Waals surface area contributed by atoms with Crippen molar-refractivity contribution in [3.05, 3.63) is 47.7 Å². The molecule has 0 saturated heterocycles. The lowest BCUT2D eigenvalue weighted by molar-refractivity contribution is -0.765. The Morgan fingerprint density at radius 3 is 2.36 bits per heavy atom. The molecule has 2 unspecified atom stereocenters. The van der Waals surface area contributed by atoms with Gasteiger partial charge in [0.05, 0.1) is 22.6 Å².